The zero-order chi connectivity index (χ0) is 20.4. The van der Waals surface area contributed by atoms with Gasteiger partial charge < -0.3 is 10.1 Å². The molecule has 1 atom stereocenters. The van der Waals surface area contributed by atoms with Crippen LogP contribution in [0, 0.1) is 0 Å². The minimum atomic E-state index is -0.282. The first kappa shape index (κ1) is 19.6. The second kappa shape index (κ2) is 8.33. The number of allylic oxidation sites excluding steroid dienone is 1. The van der Waals surface area contributed by atoms with Crippen molar-refractivity contribution in [2.45, 2.75) is 37.6 Å². The van der Waals surface area contributed by atoms with Gasteiger partial charge in [0.05, 0.1) is 29.3 Å². The van der Waals surface area contributed by atoms with E-state index in [0.29, 0.717) is 12.2 Å². The maximum absolute atomic E-state index is 13.1. The number of anilines is 1. The van der Waals surface area contributed by atoms with Crippen molar-refractivity contribution >= 4 is 34.7 Å². The lowest BCUT2D eigenvalue weighted by atomic mass is 9.93. The highest BCUT2D eigenvalue weighted by molar-refractivity contribution is 7.98. The van der Waals surface area contributed by atoms with E-state index < -0.39 is 0 Å². The van der Waals surface area contributed by atoms with Crippen molar-refractivity contribution in [3.05, 3.63) is 65.4 Å². The molecule has 2 aromatic carbocycles. The number of hydrogen-bond acceptors (Lipinski definition) is 5. The lowest BCUT2D eigenvalue weighted by molar-refractivity contribution is -0.139. The summed E-state index contributed by atoms with van der Waals surface area (Å²) in [5.41, 5.74) is 4.51. The number of benzene rings is 2. The molecular formula is C23H25N3O2S. The number of esters is 1. The molecule has 0 amide bonds. The van der Waals surface area contributed by atoms with Crippen molar-refractivity contribution in [2.24, 2.45) is 0 Å². The summed E-state index contributed by atoms with van der Waals surface area (Å²) in [6.45, 7) is 4.29. The van der Waals surface area contributed by atoms with Gasteiger partial charge in [-0.15, -0.1) is 11.8 Å². The van der Waals surface area contributed by atoms with Crippen LogP contribution in [0.4, 0.5) is 5.95 Å². The van der Waals surface area contributed by atoms with Gasteiger partial charge in [0.25, 0.3) is 0 Å². The molecule has 0 bridgehead atoms. The summed E-state index contributed by atoms with van der Waals surface area (Å²) < 4.78 is 7.60. The van der Waals surface area contributed by atoms with Crippen LogP contribution >= 0.6 is 11.8 Å². The van der Waals surface area contributed by atoms with E-state index in [1.165, 1.54) is 4.90 Å². The van der Waals surface area contributed by atoms with Crippen LogP contribution in [0.2, 0.25) is 0 Å². The Kier molecular flexibility index (Phi) is 5.62. The van der Waals surface area contributed by atoms with E-state index >= 15 is 0 Å². The second-order valence-electron chi connectivity index (χ2n) is 6.96. The molecule has 0 saturated heterocycles. The average Bonchev–Trinajstić information content (AvgIpc) is 3.11. The van der Waals surface area contributed by atoms with Gasteiger partial charge in [0.15, 0.2) is 0 Å². The minimum absolute atomic E-state index is 0.272. The molecular weight excluding hydrogens is 382 g/mol. The second-order valence-corrected chi connectivity index (χ2v) is 7.84. The van der Waals surface area contributed by atoms with Crippen molar-refractivity contribution in [1.82, 2.24) is 9.55 Å². The fourth-order valence-corrected chi connectivity index (χ4v) is 4.29. The van der Waals surface area contributed by atoms with Gasteiger partial charge in [0, 0.05) is 10.6 Å². The molecule has 6 heteroatoms. The predicted molar refractivity (Wildman–Crippen MR) is 118 cm³/mol. The van der Waals surface area contributed by atoms with E-state index in [9.17, 15) is 4.79 Å². The third kappa shape index (κ3) is 3.53. The number of nitrogens with zero attached hydrogens (tertiary/aromatic N) is 2. The fourth-order valence-electron chi connectivity index (χ4n) is 3.88. The smallest absolute Gasteiger partial charge is 0.338 e. The number of nitrogens with one attached hydrogen (secondary N) is 1. The molecule has 1 N–H and O–H groups in total. The normalized spacial score (nSPS) is 15.9. The van der Waals surface area contributed by atoms with Gasteiger partial charge in [0.1, 0.15) is 0 Å². The molecule has 150 valence electrons. The van der Waals surface area contributed by atoms with Gasteiger partial charge in [-0.25, -0.2) is 9.78 Å². The van der Waals surface area contributed by atoms with E-state index in [2.05, 4.69) is 47.3 Å². The first-order valence-electron chi connectivity index (χ1n) is 9.96. The standard InChI is InChI=1S/C23H25N3O2S/c1-4-8-18-20(22(27)28-5-2)21(15-11-13-16(29-3)14-12-15)26-19-10-7-6-9-17(19)24-23(26)25-18/h6-7,9-14,21H,4-5,8H2,1-3H3,(H,24,25)/t21-/m0/s1. The van der Waals surface area contributed by atoms with Gasteiger partial charge in [-0.1, -0.05) is 37.6 Å². The molecule has 0 saturated carbocycles. The van der Waals surface area contributed by atoms with Crippen LogP contribution in [0.3, 0.4) is 0 Å². The molecule has 1 aliphatic heterocycles. The highest BCUT2D eigenvalue weighted by Gasteiger charge is 2.35. The van der Waals surface area contributed by atoms with Crippen LogP contribution in [0.25, 0.3) is 11.0 Å². The summed E-state index contributed by atoms with van der Waals surface area (Å²) in [7, 11) is 0. The van der Waals surface area contributed by atoms with Crippen molar-refractivity contribution < 1.29 is 9.53 Å². The summed E-state index contributed by atoms with van der Waals surface area (Å²) in [5.74, 6) is 0.493. The quantitative estimate of drug-likeness (QED) is 0.438. The van der Waals surface area contributed by atoms with E-state index in [1.807, 2.05) is 31.2 Å². The van der Waals surface area contributed by atoms with Gasteiger partial charge in [-0.05, 0) is 49.4 Å². The number of ether oxygens (including phenoxy) is 1. The van der Waals surface area contributed by atoms with Crippen molar-refractivity contribution in [1.29, 1.82) is 0 Å². The van der Waals surface area contributed by atoms with Crippen LogP contribution in [0.1, 0.15) is 38.3 Å². The van der Waals surface area contributed by atoms with E-state index in [1.54, 1.807) is 11.8 Å². The third-order valence-corrected chi connectivity index (χ3v) is 5.89. The van der Waals surface area contributed by atoms with Crippen molar-refractivity contribution in [2.75, 3.05) is 18.2 Å². The van der Waals surface area contributed by atoms with Crippen LogP contribution in [0.5, 0.6) is 0 Å². The summed E-state index contributed by atoms with van der Waals surface area (Å²) in [6.07, 6.45) is 3.74. The number of thioether (sulfide) groups is 1. The summed E-state index contributed by atoms with van der Waals surface area (Å²) in [5, 5.41) is 3.43. The predicted octanol–water partition coefficient (Wildman–Crippen LogP) is 5.39. The Labute approximate surface area is 175 Å². The van der Waals surface area contributed by atoms with Crippen molar-refractivity contribution in [3.8, 4) is 0 Å². The first-order chi connectivity index (χ1) is 14.2. The number of fused-ring (bicyclic) bond motifs is 3. The summed E-state index contributed by atoms with van der Waals surface area (Å²) >= 11 is 1.70. The molecule has 2 heterocycles. The number of imidazole rings is 1. The number of para-hydroxylation sites is 2. The first-order valence-corrected chi connectivity index (χ1v) is 11.2. The molecule has 1 aromatic heterocycles. The van der Waals surface area contributed by atoms with E-state index in [4.69, 9.17) is 9.72 Å². The Bertz CT molecular complexity index is 1070. The lowest BCUT2D eigenvalue weighted by Crippen LogP contribution is -2.29. The van der Waals surface area contributed by atoms with Crippen LogP contribution in [0.15, 0.2) is 64.7 Å². The molecule has 0 radical (unpaired) electrons. The van der Waals surface area contributed by atoms with Gasteiger partial charge in [-0.2, -0.15) is 0 Å². The maximum atomic E-state index is 13.1. The molecule has 1 aliphatic rings. The largest absolute Gasteiger partial charge is 0.463 e. The monoisotopic (exact) mass is 407 g/mol. The van der Waals surface area contributed by atoms with E-state index in [-0.39, 0.29) is 12.0 Å². The Morgan fingerprint density at radius 1 is 1.17 bits per heavy atom. The molecule has 3 aromatic rings. The number of carbonyl (C=O) groups is 1. The number of hydrogen-bond donors (Lipinski definition) is 1. The third-order valence-electron chi connectivity index (χ3n) is 5.14. The van der Waals surface area contributed by atoms with Crippen molar-refractivity contribution in [3.63, 3.8) is 0 Å². The molecule has 0 spiro atoms. The minimum Gasteiger partial charge on any atom is -0.463 e. The van der Waals surface area contributed by atoms with Crippen LogP contribution in [-0.2, 0) is 9.53 Å². The Balaban J connectivity index is 1.96. The lowest BCUT2D eigenvalue weighted by Gasteiger charge is -2.31. The molecule has 29 heavy (non-hydrogen) atoms. The fraction of sp³-hybridized carbons (Fsp3) is 0.304. The van der Waals surface area contributed by atoms with Crippen LogP contribution in [-0.4, -0.2) is 28.4 Å². The highest BCUT2D eigenvalue weighted by Crippen LogP contribution is 2.40. The zero-order valence-corrected chi connectivity index (χ0v) is 17.8. The Hall–Kier alpha value is -2.73. The molecule has 0 unspecified atom stereocenters. The maximum Gasteiger partial charge on any atom is 0.338 e. The number of carbonyl (C=O) groups excluding carboxylic acids is 1. The average molecular weight is 408 g/mol. The number of aromatic nitrogens is 2. The summed E-state index contributed by atoms with van der Waals surface area (Å²) in [4.78, 5) is 19.1. The molecule has 0 fully saturated rings. The Morgan fingerprint density at radius 2 is 1.93 bits per heavy atom. The zero-order valence-electron chi connectivity index (χ0n) is 16.9. The highest BCUT2D eigenvalue weighted by atomic mass is 32.2. The van der Waals surface area contributed by atoms with Gasteiger partial charge in [-0.3, -0.25) is 4.57 Å². The van der Waals surface area contributed by atoms with E-state index in [0.717, 1.165) is 41.1 Å². The molecule has 4 rings (SSSR count). The van der Waals surface area contributed by atoms with Crippen LogP contribution < -0.4 is 5.32 Å². The van der Waals surface area contributed by atoms with Gasteiger partial charge >= 0.3 is 5.97 Å². The van der Waals surface area contributed by atoms with Gasteiger partial charge in [0.2, 0.25) is 5.95 Å². The molecule has 5 nitrogen and oxygen atoms in total. The Morgan fingerprint density at radius 3 is 2.62 bits per heavy atom. The summed E-state index contributed by atoms with van der Waals surface area (Å²) in [6, 6.07) is 16.1. The number of rotatable bonds is 6. The molecule has 0 aliphatic carbocycles. The topological polar surface area (TPSA) is 56.2 Å². The SMILES string of the molecule is CCCC1=C(C(=O)OCC)[C@H](c2ccc(SC)cc2)n2c(nc3ccccc32)N1.